The molecule has 0 aliphatic heterocycles. The molecule has 0 N–H and O–H groups in total. The van der Waals surface area contributed by atoms with Gasteiger partial charge in [-0.25, -0.2) is 0 Å². The van der Waals surface area contributed by atoms with Crippen molar-refractivity contribution in [3.05, 3.63) is 0 Å². The van der Waals surface area contributed by atoms with Crippen LogP contribution < -0.4 is 0 Å². The first-order valence-corrected chi connectivity index (χ1v) is 50.9. The van der Waals surface area contributed by atoms with Crippen LogP contribution in [0.5, 0.6) is 0 Å². The van der Waals surface area contributed by atoms with E-state index in [1.807, 2.05) is 55.4 Å². The molecule has 0 amide bonds. The number of terminal acetylenes is 8. The summed E-state index contributed by atoms with van der Waals surface area (Å²) < 4.78 is 0. The lowest BCUT2D eigenvalue weighted by atomic mass is 9.56. The Kier molecular flexibility index (Phi) is 119. The predicted octanol–water partition coefficient (Wildman–Crippen LogP) is 26.9. The van der Waals surface area contributed by atoms with Crippen molar-refractivity contribution in [2.24, 2.45) is 76.9 Å². The minimum absolute atomic E-state index is 0. The average Bonchev–Trinajstić information content (AvgIpc) is 0.785. The van der Waals surface area contributed by atoms with E-state index in [-0.39, 0.29) is 7.43 Å². The van der Waals surface area contributed by atoms with Gasteiger partial charge in [-0.05, 0) is 568 Å². The van der Waals surface area contributed by atoms with Gasteiger partial charge < -0.3 is 0 Å². The molecule has 0 heterocycles. The van der Waals surface area contributed by atoms with E-state index in [2.05, 4.69) is 425 Å². The van der Waals surface area contributed by atoms with E-state index in [0.29, 0.717) is 0 Å². The second kappa shape index (κ2) is 122. The summed E-state index contributed by atoms with van der Waals surface area (Å²) in [6.07, 6.45) is 97.1. The Balaban J connectivity index is -0.000000284. The van der Waals surface area contributed by atoms with E-state index in [0.717, 1.165) is 65.1 Å². The van der Waals surface area contributed by atoms with E-state index in [9.17, 15) is 0 Å². The summed E-state index contributed by atoms with van der Waals surface area (Å²) >= 11 is 0. The molecule has 0 spiro atoms. The second-order valence-electron chi connectivity index (χ2n) is 31.4. The van der Waals surface area contributed by atoms with Crippen LogP contribution in [0.1, 0.15) is 369 Å². The van der Waals surface area contributed by atoms with E-state index >= 15 is 0 Å². The van der Waals surface area contributed by atoms with E-state index < -0.39 is 0 Å². The molecule has 13 aliphatic carbocycles. The van der Waals surface area contributed by atoms with Gasteiger partial charge >= 0.3 is 0 Å². The zero-order chi connectivity index (χ0) is 106. The molecule has 0 heteroatoms. The van der Waals surface area contributed by atoms with Crippen LogP contribution in [0.2, 0.25) is 0 Å². The number of rotatable bonds is 12. The Morgan fingerprint density at radius 2 is 0.315 bits per heavy atom. The van der Waals surface area contributed by atoms with Gasteiger partial charge in [0, 0.05) is 0 Å². The van der Waals surface area contributed by atoms with Crippen LogP contribution in [0.3, 0.4) is 0 Å². The summed E-state index contributed by atoms with van der Waals surface area (Å²) in [5, 5.41) is 0. The van der Waals surface area contributed by atoms with Gasteiger partial charge in [0.1, 0.15) is 0 Å². The smallest absolute Gasteiger partial charge is 0.0000000000182 e. The van der Waals surface area contributed by atoms with Crippen molar-refractivity contribution in [1.29, 1.82) is 0 Å². The standard InChI is InChI=1S/C14H24.C14H6.3C14H2.3C13H24.C13H4.C9H4.C3H8.4C2H6.CH4/c1-2-4-6-14-12-9-7-11(8-10-12)13(14)5-3-1;4*1-3-5-7-9-11-13-14-12-10-8-6-4-2;3*1-2-3-4-5-13-10-11-6-8-12(13)9-7-11;1-3-5-7-9-11-13-12-10-8-6-4-2;1-3-5-7-9-8-6-4-2;1-3-2;4*1-2;/h11-14H,1-10H2;1-2H3;3*1-2H;3*11-13H,2-10H2,1H3;1H,2H3;1H,2H3;3H2,1-2H3;4*1-2H3;1H4. The maximum atomic E-state index is 4.86. The summed E-state index contributed by atoms with van der Waals surface area (Å²) in [5.74, 6) is 174. The molecule has 5 atom stereocenters. The van der Waals surface area contributed by atoms with Crippen molar-refractivity contribution in [3.63, 3.8) is 0 Å². The number of unbranched alkanes of at least 4 members (excludes halogenated alkanes) is 6. The monoisotopic (exact) mass is 1870 g/mol. The van der Waals surface area contributed by atoms with E-state index in [1.54, 1.807) is 195 Å². The first kappa shape index (κ1) is 140. The zero-order valence-electron chi connectivity index (χ0n) is 89.0. The van der Waals surface area contributed by atoms with Crippen LogP contribution in [0, 0.1) is 519 Å². The van der Waals surface area contributed by atoms with Crippen molar-refractivity contribution >= 4 is 0 Å². The van der Waals surface area contributed by atoms with Crippen molar-refractivity contribution < 1.29 is 0 Å². The Hall–Kier alpha value is -16.3. The maximum Gasteiger partial charge on any atom is -0.0000000000182 e. The van der Waals surface area contributed by atoms with Crippen molar-refractivity contribution in [2.75, 3.05) is 0 Å². The molecule has 724 valence electrons. The molecule has 0 aromatic heterocycles. The summed E-state index contributed by atoms with van der Waals surface area (Å²) in [5.41, 5.74) is 0. The average molecular weight is 1870 g/mol. The molecular formula is C143H152. The molecule has 0 aromatic carbocycles. The fourth-order valence-electron chi connectivity index (χ4n) is 17.1. The first-order chi connectivity index (χ1) is 70.0. The Labute approximate surface area is 882 Å². The molecule has 8 bridgehead atoms. The Morgan fingerprint density at radius 3 is 0.441 bits per heavy atom. The minimum Gasteiger partial charge on any atom is -0.106 e. The molecule has 13 saturated carbocycles. The molecule has 0 radical (unpaired) electrons. The third kappa shape index (κ3) is 93.2. The van der Waals surface area contributed by atoms with Gasteiger partial charge in [0.25, 0.3) is 0 Å². The first-order valence-electron chi connectivity index (χ1n) is 50.9. The molecule has 13 aliphatic rings. The van der Waals surface area contributed by atoms with Gasteiger partial charge in [-0.1, -0.05) is 269 Å². The Morgan fingerprint density at radius 1 is 0.175 bits per heavy atom. The molecule has 13 rings (SSSR count). The Bertz CT molecular complexity index is 5520. The van der Waals surface area contributed by atoms with Crippen LogP contribution in [-0.2, 0) is 0 Å². The predicted molar refractivity (Wildman–Crippen MR) is 620 cm³/mol. The van der Waals surface area contributed by atoms with Crippen molar-refractivity contribution in [3.8, 4) is 442 Å². The largest absolute Gasteiger partial charge is 0.106 e. The molecule has 13 fully saturated rings. The molecule has 0 nitrogen and oxygen atoms in total. The topological polar surface area (TPSA) is 0 Å². The quantitative estimate of drug-likeness (QED) is 0.135. The summed E-state index contributed by atoms with van der Waals surface area (Å²) in [6, 6.07) is 0. The van der Waals surface area contributed by atoms with Crippen molar-refractivity contribution in [1.82, 2.24) is 0 Å². The lowest BCUT2D eigenvalue weighted by molar-refractivity contribution is 0.00666. The van der Waals surface area contributed by atoms with Gasteiger partial charge in [0.05, 0.1) is 0 Å². The zero-order valence-corrected chi connectivity index (χ0v) is 89.0. The molecule has 0 saturated heterocycles. The number of hydrogen-bond acceptors (Lipinski definition) is 0. The fourth-order valence-corrected chi connectivity index (χ4v) is 17.1. The summed E-state index contributed by atoms with van der Waals surface area (Å²) in [7, 11) is 0. The third-order valence-electron chi connectivity index (χ3n) is 22.6. The number of fused-ring (bicyclic) bond motifs is 11. The molecular weight excluding hydrogens is 1720 g/mol. The highest BCUT2D eigenvalue weighted by Crippen LogP contribution is 2.53. The molecule has 0 aromatic rings. The fraction of sp³-hybridized carbons (Fsp3) is 0.483. The third-order valence-corrected chi connectivity index (χ3v) is 22.6. The lowest BCUT2D eigenvalue weighted by Gasteiger charge is -2.50. The maximum absolute atomic E-state index is 4.86. The summed E-state index contributed by atoms with van der Waals surface area (Å²) in [4.78, 5) is 0. The normalized spacial score (nSPS) is 17.4. The number of hydrogen-bond donors (Lipinski definition) is 0. The van der Waals surface area contributed by atoms with Crippen LogP contribution in [-0.4, -0.2) is 0 Å². The van der Waals surface area contributed by atoms with Crippen molar-refractivity contribution in [2.45, 2.75) is 369 Å². The van der Waals surface area contributed by atoms with Gasteiger partial charge in [0.15, 0.2) is 0 Å². The van der Waals surface area contributed by atoms with Crippen LogP contribution >= 0.6 is 0 Å². The molecule has 143 heavy (non-hydrogen) atoms. The van der Waals surface area contributed by atoms with Gasteiger partial charge in [0.2, 0.25) is 0 Å². The molecule has 5 unspecified atom stereocenters. The van der Waals surface area contributed by atoms with Gasteiger partial charge in [-0.3, -0.25) is 0 Å². The van der Waals surface area contributed by atoms with Gasteiger partial charge in [-0.2, -0.15) is 0 Å². The minimum atomic E-state index is 0. The van der Waals surface area contributed by atoms with Gasteiger partial charge in [-0.15, -0.1) is 51.4 Å². The van der Waals surface area contributed by atoms with Crippen LogP contribution in [0.15, 0.2) is 0 Å². The SMILES string of the molecule is C.C#CC#CC#CC#CC.C#CC#CC#CC#CC#CC#CC.C#CC#CC#CC#CC#CC#CC#C.C#CC#CC#CC#CC#CC#CC#C.C#CC#CC#CC#CC#CC#CC#C.C1CCCC2C3CCC(CC3)C2CC1.CC.CC.CC.CC.CC#CC#CC#CC#CC#CC#CC.CCC.CCCCCC1CC2CCC1CC2.CCCCCC1CC2CCC1CC2.CCCCCC1CC2CCC1CC2. The second-order valence-corrected chi connectivity index (χ2v) is 31.4. The highest BCUT2D eigenvalue weighted by Gasteiger charge is 2.43. The van der Waals surface area contributed by atoms with E-state index in [4.69, 9.17) is 51.4 Å². The van der Waals surface area contributed by atoms with Crippen LogP contribution in [0.4, 0.5) is 0 Å². The van der Waals surface area contributed by atoms with E-state index in [1.165, 1.54) is 88.9 Å². The highest BCUT2D eigenvalue weighted by molar-refractivity contribution is 5.50. The summed E-state index contributed by atoms with van der Waals surface area (Å²) in [6.45, 7) is 34.0. The lowest BCUT2D eigenvalue weighted by Crippen LogP contribution is -2.40. The van der Waals surface area contributed by atoms with Crippen LogP contribution in [0.25, 0.3) is 0 Å². The highest BCUT2D eigenvalue weighted by atomic mass is 14.5.